The Hall–Kier alpha value is -2.55. The molecule has 0 fully saturated rings. The molecule has 0 saturated heterocycles. The van der Waals surface area contributed by atoms with Gasteiger partial charge in [0.15, 0.2) is 0 Å². The van der Waals surface area contributed by atoms with E-state index in [1.54, 1.807) is 0 Å². The first-order chi connectivity index (χ1) is 12.7. The largest absolute Gasteiger partial charge is 0.375 e. The Labute approximate surface area is 158 Å². The summed E-state index contributed by atoms with van der Waals surface area (Å²) < 4.78 is 0. The zero-order chi connectivity index (χ0) is 18.8. The van der Waals surface area contributed by atoms with Crippen molar-refractivity contribution >= 4 is 6.21 Å². The average Bonchev–Trinajstić information content (AvgIpc) is 3.06. The average molecular weight is 350 g/mol. The van der Waals surface area contributed by atoms with Crippen LogP contribution >= 0.6 is 0 Å². The van der Waals surface area contributed by atoms with Crippen LogP contribution in [-0.4, -0.2) is 24.2 Å². The second kappa shape index (κ2) is 10.4. The highest BCUT2D eigenvalue weighted by molar-refractivity contribution is 5.71. The minimum atomic E-state index is -0.00997. The SMILES string of the molecule is C/C=C\C=C/C1C=NC(c2ccccc2)N1/C(=C/C/C=C\C(C)C)NC. The predicted octanol–water partition coefficient (Wildman–Crippen LogP) is 5.24. The highest BCUT2D eigenvalue weighted by Crippen LogP contribution is 2.32. The molecule has 0 radical (unpaired) electrons. The molecule has 1 aromatic carbocycles. The molecule has 1 aliphatic heterocycles. The predicted molar refractivity (Wildman–Crippen MR) is 113 cm³/mol. The summed E-state index contributed by atoms with van der Waals surface area (Å²) in [5, 5.41) is 3.37. The van der Waals surface area contributed by atoms with Gasteiger partial charge in [-0.1, -0.05) is 80.6 Å². The van der Waals surface area contributed by atoms with Gasteiger partial charge in [-0.15, -0.1) is 0 Å². The number of nitrogens with zero attached hydrogens (tertiary/aromatic N) is 2. The molecule has 3 nitrogen and oxygen atoms in total. The highest BCUT2D eigenvalue weighted by Gasteiger charge is 2.30. The van der Waals surface area contributed by atoms with Gasteiger partial charge in [-0.3, -0.25) is 4.99 Å². The first-order valence-electron chi connectivity index (χ1n) is 9.38. The molecule has 26 heavy (non-hydrogen) atoms. The third-order valence-electron chi connectivity index (χ3n) is 4.18. The summed E-state index contributed by atoms with van der Waals surface area (Å²) in [6.45, 7) is 6.42. The van der Waals surface area contributed by atoms with E-state index in [0.29, 0.717) is 5.92 Å². The molecule has 2 atom stereocenters. The van der Waals surface area contributed by atoms with Gasteiger partial charge >= 0.3 is 0 Å². The molecule has 2 unspecified atom stereocenters. The van der Waals surface area contributed by atoms with Gasteiger partial charge in [-0.25, -0.2) is 0 Å². The maximum Gasteiger partial charge on any atom is 0.148 e. The molecule has 0 saturated carbocycles. The second-order valence-corrected chi connectivity index (χ2v) is 6.64. The Balaban J connectivity index is 2.29. The van der Waals surface area contributed by atoms with Crippen molar-refractivity contribution in [3.63, 3.8) is 0 Å². The van der Waals surface area contributed by atoms with E-state index in [9.17, 15) is 0 Å². The van der Waals surface area contributed by atoms with Crippen LogP contribution in [0.5, 0.6) is 0 Å². The van der Waals surface area contributed by atoms with E-state index in [4.69, 9.17) is 4.99 Å². The molecular weight excluding hydrogens is 318 g/mol. The summed E-state index contributed by atoms with van der Waals surface area (Å²) in [4.78, 5) is 7.13. The fourth-order valence-electron chi connectivity index (χ4n) is 2.94. The molecule has 0 bridgehead atoms. The van der Waals surface area contributed by atoms with Gasteiger partial charge < -0.3 is 10.2 Å². The van der Waals surface area contributed by atoms with Crippen LogP contribution in [0.4, 0.5) is 0 Å². The van der Waals surface area contributed by atoms with Crippen molar-refractivity contribution in [1.82, 2.24) is 10.2 Å². The van der Waals surface area contributed by atoms with Gasteiger partial charge in [0.2, 0.25) is 0 Å². The maximum atomic E-state index is 4.80. The molecule has 0 aliphatic carbocycles. The van der Waals surface area contributed by atoms with Crippen LogP contribution < -0.4 is 5.32 Å². The molecule has 1 N–H and O–H groups in total. The Morgan fingerprint density at radius 1 is 1.23 bits per heavy atom. The highest BCUT2D eigenvalue weighted by atomic mass is 15.4. The maximum absolute atomic E-state index is 4.80. The van der Waals surface area contributed by atoms with Crippen LogP contribution in [0.25, 0.3) is 0 Å². The summed E-state index contributed by atoms with van der Waals surface area (Å²) >= 11 is 0. The first-order valence-corrected chi connectivity index (χ1v) is 9.38. The lowest BCUT2D eigenvalue weighted by molar-refractivity contribution is 0.269. The van der Waals surface area contributed by atoms with Gasteiger partial charge in [0.1, 0.15) is 6.17 Å². The van der Waals surface area contributed by atoms with Crippen molar-refractivity contribution in [2.75, 3.05) is 7.05 Å². The number of nitrogens with one attached hydrogen (secondary N) is 1. The van der Waals surface area contributed by atoms with Crippen molar-refractivity contribution in [1.29, 1.82) is 0 Å². The fraction of sp³-hybridized carbons (Fsp3) is 0.348. The number of hydrogen-bond donors (Lipinski definition) is 1. The lowest BCUT2D eigenvalue weighted by Crippen LogP contribution is -2.36. The fourth-order valence-corrected chi connectivity index (χ4v) is 2.94. The van der Waals surface area contributed by atoms with E-state index in [-0.39, 0.29) is 12.2 Å². The Bertz CT molecular complexity index is 681. The monoisotopic (exact) mass is 349 g/mol. The van der Waals surface area contributed by atoms with Crippen molar-refractivity contribution in [2.24, 2.45) is 10.9 Å². The van der Waals surface area contributed by atoms with Crippen LogP contribution in [-0.2, 0) is 0 Å². The van der Waals surface area contributed by atoms with Crippen LogP contribution in [0.1, 0.15) is 38.9 Å². The Morgan fingerprint density at radius 3 is 2.65 bits per heavy atom. The molecule has 138 valence electrons. The van der Waals surface area contributed by atoms with Crippen molar-refractivity contribution in [2.45, 2.75) is 39.4 Å². The van der Waals surface area contributed by atoms with Crippen LogP contribution in [0.15, 0.2) is 83.7 Å². The van der Waals surface area contributed by atoms with Gasteiger partial charge in [-0.05, 0) is 30.9 Å². The summed E-state index contributed by atoms with van der Waals surface area (Å²) in [7, 11) is 1.98. The zero-order valence-electron chi connectivity index (χ0n) is 16.3. The molecule has 1 heterocycles. The van der Waals surface area contributed by atoms with Crippen molar-refractivity contribution in [3.05, 3.63) is 84.2 Å². The number of benzene rings is 1. The van der Waals surface area contributed by atoms with E-state index >= 15 is 0 Å². The van der Waals surface area contributed by atoms with Gasteiger partial charge in [0, 0.05) is 13.3 Å². The molecule has 1 aliphatic rings. The van der Waals surface area contributed by atoms with Crippen LogP contribution in [0.2, 0.25) is 0 Å². The molecule has 2 rings (SSSR count). The third-order valence-corrected chi connectivity index (χ3v) is 4.18. The summed E-state index contributed by atoms with van der Waals surface area (Å²) in [5.74, 6) is 1.67. The van der Waals surface area contributed by atoms with Gasteiger partial charge in [0.25, 0.3) is 0 Å². The summed E-state index contributed by atoms with van der Waals surface area (Å²) in [6.07, 6.45) is 18.0. The molecular formula is C23H31N3. The number of rotatable bonds is 8. The van der Waals surface area contributed by atoms with E-state index in [0.717, 1.165) is 12.2 Å². The van der Waals surface area contributed by atoms with Gasteiger partial charge in [-0.2, -0.15) is 0 Å². The van der Waals surface area contributed by atoms with E-state index in [2.05, 4.69) is 84.8 Å². The Kier molecular flexibility index (Phi) is 7.94. The number of hydrogen-bond acceptors (Lipinski definition) is 3. The summed E-state index contributed by atoms with van der Waals surface area (Å²) in [5.41, 5.74) is 1.20. The Morgan fingerprint density at radius 2 is 2.00 bits per heavy atom. The third kappa shape index (κ3) is 5.48. The first kappa shape index (κ1) is 19.8. The minimum absolute atomic E-state index is 0.00997. The van der Waals surface area contributed by atoms with Gasteiger partial charge in [0.05, 0.1) is 11.9 Å². The molecule has 0 amide bonds. The van der Waals surface area contributed by atoms with Crippen molar-refractivity contribution < 1.29 is 0 Å². The quantitative estimate of drug-likeness (QED) is 0.514. The molecule has 3 heteroatoms. The summed E-state index contributed by atoms with van der Waals surface area (Å²) in [6, 6.07) is 10.6. The topological polar surface area (TPSA) is 27.6 Å². The second-order valence-electron chi connectivity index (χ2n) is 6.64. The zero-order valence-corrected chi connectivity index (χ0v) is 16.3. The normalized spacial score (nSPS) is 21.1. The molecule has 1 aromatic rings. The van der Waals surface area contributed by atoms with E-state index in [1.807, 2.05) is 32.3 Å². The molecule has 0 spiro atoms. The molecule has 0 aromatic heterocycles. The lowest BCUT2D eigenvalue weighted by atomic mass is 10.1. The minimum Gasteiger partial charge on any atom is -0.375 e. The van der Waals surface area contributed by atoms with Crippen LogP contribution in [0.3, 0.4) is 0 Å². The van der Waals surface area contributed by atoms with E-state index < -0.39 is 0 Å². The standard InChI is InChI=1S/C23H31N3/c1-5-6-8-16-21-18-25-23(20-14-9-7-10-15-20)26(21)22(24-4)17-12-11-13-19(2)3/h5-11,13-19,21,23-24H,12H2,1-4H3/b6-5-,13-11-,16-8-,22-17+. The van der Waals surface area contributed by atoms with Crippen molar-refractivity contribution in [3.8, 4) is 0 Å². The van der Waals surface area contributed by atoms with Crippen LogP contribution in [0, 0.1) is 5.92 Å². The lowest BCUT2D eigenvalue weighted by Gasteiger charge is -2.32. The number of allylic oxidation sites excluding steroid dienone is 6. The smallest absolute Gasteiger partial charge is 0.148 e. The number of aliphatic imine (C=N–C) groups is 1. The van der Waals surface area contributed by atoms with E-state index in [1.165, 1.54) is 5.56 Å².